The molecule has 0 saturated heterocycles. The van der Waals surface area contributed by atoms with E-state index in [4.69, 9.17) is 18.0 Å². The van der Waals surface area contributed by atoms with Gasteiger partial charge in [-0.3, -0.25) is 0 Å². The van der Waals surface area contributed by atoms with Crippen molar-refractivity contribution in [3.8, 4) is 0 Å². The molecule has 0 aliphatic heterocycles. The van der Waals surface area contributed by atoms with Gasteiger partial charge in [-0.2, -0.15) is 0 Å². The summed E-state index contributed by atoms with van der Waals surface area (Å²) in [5.41, 5.74) is 5.28. The maximum absolute atomic E-state index is 9.21. The molecule has 0 amide bonds. The minimum absolute atomic E-state index is 0.299. The first-order chi connectivity index (χ1) is 6.15. The minimum atomic E-state index is -0.446. The lowest BCUT2D eigenvalue weighted by Crippen LogP contribution is -2.29. The van der Waals surface area contributed by atoms with Crippen molar-refractivity contribution in [3.63, 3.8) is 0 Å². The zero-order valence-corrected chi connectivity index (χ0v) is 9.83. The monoisotopic (exact) mass is 222 g/mol. The van der Waals surface area contributed by atoms with Crippen LogP contribution in [0.4, 0.5) is 0 Å². The van der Waals surface area contributed by atoms with Crippen molar-refractivity contribution < 1.29 is 5.11 Å². The third-order valence-electron chi connectivity index (χ3n) is 1.69. The molecular formula is C8H18N2OS2. The van der Waals surface area contributed by atoms with Gasteiger partial charge in [0.1, 0.15) is 4.32 Å². The second-order valence-corrected chi connectivity index (χ2v) is 4.29. The first kappa shape index (κ1) is 13.2. The van der Waals surface area contributed by atoms with Gasteiger partial charge in [0.25, 0.3) is 0 Å². The van der Waals surface area contributed by atoms with E-state index in [1.54, 1.807) is 0 Å². The molecule has 13 heavy (non-hydrogen) atoms. The van der Waals surface area contributed by atoms with Crippen LogP contribution >= 0.6 is 24.0 Å². The Hall–Kier alpha value is 0.160. The lowest BCUT2D eigenvalue weighted by atomic mass is 10.4. The summed E-state index contributed by atoms with van der Waals surface area (Å²) in [5.74, 6) is 0.589. The SMILES string of the molecule is CCN(CC)C(=S)SCC(O)CN. The number of nitrogens with zero attached hydrogens (tertiary/aromatic N) is 1. The molecule has 0 fully saturated rings. The largest absolute Gasteiger partial charge is 0.391 e. The molecule has 0 aliphatic rings. The predicted molar refractivity (Wildman–Crippen MR) is 63.0 cm³/mol. The number of thiocarbonyl (C=S) groups is 1. The van der Waals surface area contributed by atoms with E-state index in [-0.39, 0.29) is 0 Å². The number of thioether (sulfide) groups is 1. The molecular weight excluding hydrogens is 204 g/mol. The number of nitrogens with two attached hydrogens (primary N) is 1. The highest BCUT2D eigenvalue weighted by Gasteiger charge is 2.08. The Morgan fingerprint density at radius 2 is 2.08 bits per heavy atom. The predicted octanol–water partition coefficient (Wildman–Crippen LogP) is 0.666. The Morgan fingerprint density at radius 3 is 2.46 bits per heavy atom. The summed E-state index contributed by atoms with van der Waals surface area (Å²) in [7, 11) is 0. The summed E-state index contributed by atoms with van der Waals surface area (Å²) in [6.07, 6.45) is -0.446. The average Bonchev–Trinajstić information content (AvgIpc) is 2.16. The number of aliphatic hydroxyl groups excluding tert-OH is 1. The molecule has 1 unspecified atom stereocenters. The van der Waals surface area contributed by atoms with Crippen LogP contribution in [0.3, 0.4) is 0 Å². The third-order valence-corrected chi connectivity index (χ3v) is 3.36. The fourth-order valence-corrected chi connectivity index (χ4v) is 2.18. The van der Waals surface area contributed by atoms with E-state index in [0.717, 1.165) is 17.4 Å². The maximum Gasteiger partial charge on any atom is 0.136 e. The summed E-state index contributed by atoms with van der Waals surface area (Å²) in [6, 6.07) is 0. The zero-order chi connectivity index (χ0) is 10.3. The summed E-state index contributed by atoms with van der Waals surface area (Å²) in [5, 5.41) is 9.21. The Labute approximate surface area is 89.7 Å². The standard InChI is InChI=1S/C8H18N2OS2/c1-3-10(4-2)8(12)13-6-7(11)5-9/h7,11H,3-6,9H2,1-2H3. The summed E-state index contributed by atoms with van der Waals surface area (Å²) in [4.78, 5) is 2.09. The van der Waals surface area contributed by atoms with Crippen molar-refractivity contribution in [1.82, 2.24) is 4.90 Å². The minimum Gasteiger partial charge on any atom is -0.391 e. The molecule has 0 aromatic rings. The van der Waals surface area contributed by atoms with Crippen molar-refractivity contribution in [3.05, 3.63) is 0 Å². The van der Waals surface area contributed by atoms with Crippen LogP contribution in [0.5, 0.6) is 0 Å². The van der Waals surface area contributed by atoms with Gasteiger partial charge in [-0.25, -0.2) is 0 Å². The van der Waals surface area contributed by atoms with E-state index in [9.17, 15) is 5.11 Å². The highest BCUT2D eigenvalue weighted by Crippen LogP contribution is 2.10. The van der Waals surface area contributed by atoms with Gasteiger partial charge in [-0.05, 0) is 13.8 Å². The van der Waals surface area contributed by atoms with E-state index < -0.39 is 6.10 Å². The lowest BCUT2D eigenvalue weighted by molar-refractivity contribution is 0.208. The number of aliphatic hydroxyl groups is 1. The van der Waals surface area contributed by atoms with Crippen LogP contribution in [-0.2, 0) is 0 Å². The van der Waals surface area contributed by atoms with Gasteiger partial charge < -0.3 is 15.7 Å². The number of rotatable bonds is 5. The third kappa shape index (κ3) is 5.46. The first-order valence-corrected chi connectivity index (χ1v) is 5.84. The van der Waals surface area contributed by atoms with Crippen molar-refractivity contribution in [2.24, 2.45) is 5.73 Å². The lowest BCUT2D eigenvalue weighted by Gasteiger charge is -2.21. The molecule has 0 rings (SSSR count). The van der Waals surface area contributed by atoms with E-state index in [2.05, 4.69) is 18.7 Å². The normalized spacial score (nSPS) is 12.6. The van der Waals surface area contributed by atoms with Gasteiger partial charge in [0.15, 0.2) is 0 Å². The number of hydrogen-bond donors (Lipinski definition) is 2. The maximum atomic E-state index is 9.21. The molecule has 0 saturated carbocycles. The summed E-state index contributed by atoms with van der Waals surface area (Å²) in [6.45, 7) is 6.27. The molecule has 0 aromatic carbocycles. The van der Waals surface area contributed by atoms with Crippen LogP contribution < -0.4 is 5.73 Å². The van der Waals surface area contributed by atoms with E-state index in [1.165, 1.54) is 11.8 Å². The van der Waals surface area contributed by atoms with Crippen LogP contribution in [-0.4, -0.2) is 45.8 Å². The second-order valence-electron chi connectivity index (χ2n) is 2.64. The van der Waals surface area contributed by atoms with Gasteiger partial charge >= 0.3 is 0 Å². The second kappa shape index (κ2) is 7.55. The van der Waals surface area contributed by atoms with Gasteiger partial charge in [-0.1, -0.05) is 24.0 Å². The molecule has 0 heterocycles. The van der Waals surface area contributed by atoms with Gasteiger partial charge in [0.2, 0.25) is 0 Å². The quantitative estimate of drug-likeness (QED) is 0.670. The highest BCUT2D eigenvalue weighted by molar-refractivity contribution is 8.22. The molecule has 0 aromatic heterocycles. The molecule has 0 radical (unpaired) electrons. The zero-order valence-electron chi connectivity index (χ0n) is 8.19. The molecule has 78 valence electrons. The van der Waals surface area contributed by atoms with Crippen LogP contribution in [0.1, 0.15) is 13.8 Å². The van der Waals surface area contributed by atoms with E-state index >= 15 is 0 Å². The topological polar surface area (TPSA) is 49.5 Å². The molecule has 5 heteroatoms. The van der Waals surface area contributed by atoms with Crippen LogP contribution in [0.2, 0.25) is 0 Å². The van der Waals surface area contributed by atoms with Crippen LogP contribution in [0.15, 0.2) is 0 Å². The highest BCUT2D eigenvalue weighted by atomic mass is 32.2. The van der Waals surface area contributed by atoms with Crippen molar-refractivity contribution in [2.45, 2.75) is 20.0 Å². The molecule has 0 aliphatic carbocycles. The van der Waals surface area contributed by atoms with Crippen molar-refractivity contribution in [2.75, 3.05) is 25.4 Å². The molecule has 1 atom stereocenters. The van der Waals surface area contributed by atoms with E-state index in [1.807, 2.05) is 0 Å². The molecule has 0 bridgehead atoms. The fourth-order valence-electron chi connectivity index (χ4n) is 0.809. The van der Waals surface area contributed by atoms with Gasteiger partial charge in [-0.15, -0.1) is 0 Å². The molecule has 3 N–H and O–H groups in total. The van der Waals surface area contributed by atoms with E-state index in [0.29, 0.717) is 12.3 Å². The summed E-state index contributed by atoms with van der Waals surface area (Å²) >= 11 is 6.67. The van der Waals surface area contributed by atoms with Gasteiger partial charge in [0, 0.05) is 25.4 Å². The van der Waals surface area contributed by atoms with Crippen molar-refractivity contribution >= 4 is 28.3 Å². The molecule has 3 nitrogen and oxygen atoms in total. The van der Waals surface area contributed by atoms with Crippen LogP contribution in [0.25, 0.3) is 0 Å². The Kier molecular flexibility index (Phi) is 7.65. The molecule has 0 spiro atoms. The smallest absolute Gasteiger partial charge is 0.136 e. The van der Waals surface area contributed by atoms with Gasteiger partial charge in [0.05, 0.1) is 6.10 Å². The van der Waals surface area contributed by atoms with Crippen LogP contribution in [0, 0.1) is 0 Å². The number of hydrogen-bond acceptors (Lipinski definition) is 4. The Balaban J connectivity index is 3.72. The Morgan fingerprint density at radius 1 is 1.54 bits per heavy atom. The fraction of sp³-hybridized carbons (Fsp3) is 0.875. The Bertz CT molecular complexity index is 151. The van der Waals surface area contributed by atoms with Crippen molar-refractivity contribution in [1.29, 1.82) is 0 Å². The summed E-state index contributed by atoms with van der Waals surface area (Å²) < 4.78 is 0.845. The average molecular weight is 222 g/mol. The first-order valence-electron chi connectivity index (χ1n) is 4.45.